The van der Waals surface area contributed by atoms with Crippen molar-refractivity contribution in [3.05, 3.63) is 59.2 Å². The lowest BCUT2D eigenvalue weighted by atomic mass is 10.1. The second-order valence-electron chi connectivity index (χ2n) is 6.76. The Kier molecular flexibility index (Phi) is 5.96. The molecule has 1 fully saturated rings. The molecule has 0 aliphatic carbocycles. The van der Waals surface area contributed by atoms with Crippen molar-refractivity contribution in [1.29, 1.82) is 0 Å². The van der Waals surface area contributed by atoms with Crippen molar-refractivity contribution in [3.63, 3.8) is 0 Å². The molecule has 140 valence electrons. The van der Waals surface area contributed by atoms with E-state index in [0.717, 1.165) is 17.7 Å². The standard InChI is InChI=1S/C20H26N2O3S/c1-16-13-19(9-10-20(16)25-2)26(23,24)21-14-17-5-7-18(8-6-17)15-22-11-3-4-12-22/h5-10,13,21H,3-4,11-12,14-15H2,1-2H3. The first-order valence-corrected chi connectivity index (χ1v) is 10.4. The number of hydrogen-bond acceptors (Lipinski definition) is 4. The summed E-state index contributed by atoms with van der Waals surface area (Å²) in [6.07, 6.45) is 2.56. The van der Waals surface area contributed by atoms with Crippen LogP contribution in [-0.4, -0.2) is 33.5 Å². The molecule has 0 radical (unpaired) electrons. The number of aryl methyl sites for hydroxylation is 1. The summed E-state index contributed by atoms with van der Waals surface area (Å²) in [6, 6.07) is 13.0. The SMILES string of the molecule is COc1ccc(S(=O)(=O)NCc2ccc(CN3CCCC3)cc2)cc1C. The Morgan fingerprint density at radius 1 is 1.04 bits per heavy atom. The van der Waals surface area contributed by atoms with E-state index in [1.807, 2.05) is 19.1 Å². The van der Waals surface area contributed by atoms with Crippen LogP contribution >= 0.6 is 0 Å². The van der Waals surface area contributed by atoms with Gasteiger partial charge in [0.25, 0.3) is 0 Å². The second-order valence-corrected chi connectivity index (χ2v) is 8.52. The zero-order chi connectivity index (χ0) is 18.6. The van der Waals surface area contributed by atoms with Gasteiger partial charge in [0.1, 0.15) is 5.75 Å². The van der Waals surface area contributed by atoms with Crippen molar-refractivity contribution in [2.45, 2.75) is 37.8 Å². The van der Waals surface area contributed by atoms with Crippen LogP contribution in [0.1, 0.15) is 29.5 Å². The normalized spacial score (nSPS) is 15.3. The van der Waals surface area contributed by atoms with Gasteiger partial charge in [-0.25, -0.2) is 13.1 Å². The molecular weight excluding hydrogens is 348 g/mol. The van der Waals surface area contributed by atoms with Crippen LogP contribution in [0.15, 0.2) is 47.4 Å². The Labute approximate surface area is 156 Å². The quantitative estimate of drug-likeness (QED) is 0.809. The van der Waals surface area contributed by atoms with Crippen molar-refractivity contribution < 1.29 is 13.2 Å². The number of hydrogen-bond donors (Lipinski definition) is 1. The molecular formula is C20H26N2O3S. The highest BCUT2D eigenvalue weighted by atomic mass is 32.2. The van der Waals surface area contributed by atoms with Gasteiger partial charge in [-0.3, -0.25) is 4.90 Å². The first-order chi connectivity index (χ1) is 12.5. The maximum absolute atomic E-state index is 12.5. The van der Waals surface area contributed by atoms with Gasteiger partial charge >= 0.3 is 0 Å². The van der Waals surface area contributed by atoms with E-state index < -0.39 is 10.0 Å². The van der Waals surface area contributed by atoms with Gasteiger partial charge in [0, 0.05) is 13.1 Å². The molecule has 0 spiro atoms. The van der Waals surface area contributed by atoms with E-state index in [-0.39, 0.29) is 11.4 Å². The predicted molar refractivity (Wildman–Crippen MR) is 103 cm³/mol. The van der Waals surface area contributed by atoms with E-state index >= 15 is 0 Å². The Morgan fingerprint density at radius 3 is 2.31 bits per heavy atom. The summed E-state index contributed by atoms with van der Waals surface area (Å²) in [7, 11) is -1.98. The summed E-state index contributed by atoms with van der Waals surface area (Å²) in [6.45, 7) is 5.41. The van der Waals surface area contributed by atoms with Crippen LogP contribution in [0.25, 0.3) is 0 Å². The average molecular weight is 375 g/mol. The molecule has 1 N–H and O–H groups in total. The molecule has 1 aliphatic heterocycles. The van der Waals surface area contributed by atoms with E-state index in [9.17, 15) is 8.42 Å². The van der Waals surface area contributed by atoms with Gasteiger partial charge < -0.3 is 4.74 Å². The third-order valence-electron chi connectivity index (χ3n) is 4.77. The number of nitrogens with one attached hydrogen (secondary N) is 1. The van der Waals surface area contributed by atoms with Crippen LogP contribution in [0.5, 0.6) is 5.75 Å². The van der Waals surface area contributed by atoms with E-state index in [1.54, 1.807) is 25.3 Å². The first-order valence-electron chi connectivity index (χ1n) is 8.92. The van der Waals surface area contributed by atoms with Crippen molar-refractivity contribution >= 4 is 10.0 Å². The molecule has 26 heavy (non-hydrogen) atoms. The van der Waals surface area contributed by atoms with Crippen molar-refractivity contribution in [2.24, 2.45) is 0 Å². The zero-order valence-electron chi connectivity index (χ0n) is 15.4. The molecule has 0 atom stereocenters. The second kappa shape index (κ2) is 8.20. The molecule has 3 rings (SSSR count). The fourth-order valence-electron chi connectivity index (χ4n) is 3.24. The van der Waals surface area contributed by atoms with Gasteiger partial charge in [0.05, 0.1) is 12.0 Å². The summed E-state index contributed by atoms with van der Waals surface area (Å²) in [5.74, 6) is 0.678. The van der Waals surface area contributed by atoms with E-state index in [0.29, 0.717) is 5.75 Å². The highest BCUT2D eigenvalue weighted by Crippen LogP contribution is 2.21. The van der Waals surface area contributed by atoms with Crippen LogP contribution in [0.4, 0.5) is 0 Å². The van der Waals surface area contributed by atoms with Crippen molar-refractivity contribution in [1.82, 2.24) is 9.62 Å². The highest BCUT2D eigenvalue weighted by molar-refractivity contribution is 7.89. The topological polar surface area (TPSA) is 58.6 Å². The summed E-state index contributed by atoms with van der Waals surface area (Å²) in [5.41, 5.74) is 3.01. The zero-order valence-corrected chi connectivity index (χ0v) is 16.2. The number of nitrogens with zero attached hydrogens (tertiary/aromatic N) is 1. The Hall–Kier alpha value is -1.89. The van der Waals surface area contributed by atoms with Gasteiger partial charge in [-0.05, 0) is 67.7 Å². The van der Waals surface area contributed by atoms with E-state index in [2.05, 4.69) is 21.8 Å². The minimum atomic E-state index is -3.55. The highest BCUT2D eigenvalue weighted by Gasteiger charge is 2.15. The molecule has 1 heterocycles. The van der Waals surface area contributed by atoms with Gasteiger partial charge in [-0.2, -0.15) is 0 Å². The third-order valence-corrected chi connectivity index (χ3v) is 6.17. The van der Waals surface area contributed by atoms with Crippen molar-refractivity contribution in [2.75, 3.05) is 20.2 Å². The van der Waals surface area contributed by atoms with E-state index in [1.165, 1.54) is 31.5 Å². The molecule has 0 saturated carbocycles. The number of likely N-dealkylation sites (tertiary alicyclic amines) is 1. The van der Waals surface area contributed by atoms with Crippen LogP contribution < -0.4 is 9.46 Å². The molecule has 6 heteroatoms. The lowest BCUT2D eigenvalue weighted by molar-refractivity contribution is 0.331. The van der Waals surface area contributed by atoms with Gasteiger partial charge in [-0.15, -0.1) is 0 Å². The smallest absolute Gasteiger partial charge is 0.240 e. The Bertz CT molecular complexity index is 842. The van der Waals surface area contributed by atoms with Crippen LogP contribution in [0.2, 0.25) is 0 Å². The molecule has 2 aromatic carbocycles. The Balaban J connectivity index is 1.61. The predicted octanol–water partition coefficient (Wildman–Crippen LogP) is 3.08. The minimum Gasteiger partial charge on any atom is -0.496 e. The summed E-state index contributed by atoms with van der Waals surface area (Å²) in [4.78, 5) is 2.70. The average Bonchev–Trinajstić information content (AvgIpc) is 3.14. The maximum Gasteiger partial charge on any atom is 0.240 e. The lowest BCUT2D eigenvalue weighted by Gasteiger charge is -2.15. The van der Waals surface area contributed by atoms with Crippen LogP contribution in [0.3, 0.4) is 0 Å². The van der Waals surface area contributed by atoms with Gasteiger partial charge in [0.2, 0.25) is 10.0 Å². The van der Waals surface area contributed by atoms with Crippen LogP contribution in [-0.2, 0) is 23.1 Å². The fourth-order valence-corrected chi connectivity index (χ4v) is 4.34. The first kappa shape index (κ1) is 18.9. The third kappa shape index (κ3) is 4.63. The largest absolute Gasteiger partial charge is 0.496 e. The summed E-state index contributed by atoms with van der Waals surface area (Å²) < 4.78 is 32.8. The summed E-state index contributed by atoms with van der Waals surface area (Å²) >= 11 is 0. The van der Waals surface area contributed by atoms with E-state index in [4.69, 9.17) is 4.74 Å². The van der Waals surface area contributed by atoms with Gasteiger partial charge in [0.15, 0.2) is 0 Å². The monoisotopic (exact) mass is 374 g/mol. The molecule has 0 bridgehead atoms. The molecule has 0 amide bonds. The molecule has 0 aromatic heterocycles. The van der Waals surface area contributed by atoms with Crippen LogP contribution in [0, 0.1) is 6.92 Å². The number of methoxy groups -OCH3 is 1. The number of ether oxygens (including phenoxy) is 1. The fraction of sp³-hybridized carbons (Fsp3) is 0.400. The molecule has 0 unspecified atom stereocenters. The molecule has 1 saturated heterocycles. The summed E-state index contributed by atoms with van der Waals surface area (Å²) in [5, 5.41) is 0. The lowest BCUT2D eigenvalue weighted by Crippen LogP contribution is -2.23. The number of rotatable bonds is 7. The van der Waals surface area contributed by atoms with Gasteiger partial charge in [-0.1, -0.05) is 24.3 Å². The Morgan fingerprint density at radius 2 is 1.69 bits per heavy atom. The number of sulfonamides is 1. The molecule has 1 aliphatic rings. The van der Waals surface area contributed by atoms with Crippen molar-refractivity contribution in [3.8, 4) is 5.75 Å². The number of benzene rings is 2. The molecule has 5 nitrogen and oxygen atoms in total. The minimum absolute atomic E-state index is 0.251. The maximum atomic E-state index is 12.5. The molecule has 2 aromatic rings.